The minimum absolute atomic E-state index is 0.0106. The monoisotopic (exact) mass is 1750 g/mol. The molecule has 3 aromatic heterocycles. The van der Waals surface area contributed by atoms with Gasteiger partial charge in [-0.15, -0.1) is 0 Å². The molecule has 0 spiro atoms. The van der Waals surface area contributed by atoms with Crippen molar-refractivity contribution in [1.82, 2.24) is 44.6 Å². The molecule has 662 valence electrons. The molecule has 10 aromatic rings. The molecule has 3 amide bonds. The van der Waals surface area contributed by atoms with Gasteiger partial charge in [0, 0.05) is 92.1 Å². The predicted molar refractivity (Wildman–Crippen MR) is 445 cm³/mol. The normalized spacial score (nSPS) is 20.1. The summed E-state index contributed by atoms with van der Waals surface area (Å²) in [7, 11) is 3.05. The highest BCUT2D eigenvalue weighted by Gasteiger charge is 2.48. The van der Waals surface area contributed by atoms with E-state index in [2.05, 4.69) is 15.0 Å². The Labute approximate surface area is 722 Å². The number of carbonyl (C=O) groups excluding carboxylic acids is 3. The number of cyclic esters (lactones) is 3. The third-order valence-corrected chi connectivity index (χ3v) is 23.9. The summed E-state index contributed by atoms with van der Waals surface area (Å²) in [5.74, 6) is -0.690. The van der Waals surface area contributed by atoms with Crippen molar-refractivity contribution in [2.45, 2.75) is 147 Å². The highest BCUT2D eigenvalue weighted by atomic mass is 19.4. The van der Waals surface area contributed by atoms with Gasteiger partial charge in [-0.2, -0.15) is 39.5 Å². The third-order valence-electron chi connectivity index (χ3n) is 23.9. The van der Waals surface area contributed by atoms with Crippen LogP contribution >= 0.6 is 0 Å². The fraction of sp³-hybridized carbons (Fsp3) is 0.348. The molecule has 7 aromatic carbocycles. The first-order valence-corrected chi connectivity index (χ1v) is 41.1. The van der Waals surface area contributed by atoms with E-state index in [0.717, 1.165) is 128 Å². The summed E-state index contributed by atoms with van der Waals surface area (Å²) in [6, 6.07) is 36.2. The number of methoxy groups -OCH3 is 2. The number of amides is 3. The van der Waals surface area contributed by atoms with Gasteiger partial charge < -0.3 is 53.7 Å². The topological polar surface area (TPSA) is 306 Å². The minimum atomic E-state index is -4.53. The predicted octanol–water partition coefficient (Wildman–Crippen LogP) is 18.3. The second kappa shape index (κ2) is 36.1. The maximum absolute atomic E-state index is 13.4. The van der Waals surface area contributed by atoms with Crippen LogP contribution in [0.3, 0.4) is 0 Å². The van der Waals surface area contributed by atoms with E-state index < -0.39 is 114 Å². The lowest BCUT2D eigenvalue weighted by Gasteiger charge is -2.31. The van der Waals surface area contributed by atoms with E-state index in [0.29, 0.717) is 87.1 Å². The molecular weight excluding hydrogens is 1670 g/mol. The minimum Gasteiger partial charge on any atom is -0.496 e. The number of benzene rings is 7. The van der Waals surface area contributed by atoms with Crippen LogP contribution in [0.25, 0.3) is 44.5 Å². The van der Waals surface area contributed by atoms with Crippen LogP contribution in [0.15, 0.2) is 170 Å². The zero-order chi connectivity index (χ0) is 90.2. The van der Waals surface area contributed by atoms with Crippen molar-refractivity contribution < 1.29 is 107 Å². The molecule has 6 saturated heterocycles. The van der Waals surface area contributed by atoms with Crippen LogP contribution in [0.2, 0.25) is 0 Å². The van der Waals surface area contributed by atoms with Crippen molar-refractivity contribution in [1.29, 1.82) is 0 Å². The number of alkyl halides is 9. The number of aromatic nitrogens is 6. The number of carboxylic acid groups (broad SMARTS) is 3. The van der Waals surface area contributed by atoms with Gasteiger partial charge in [0.15, 0.2) is 0 Å². The molecule has 1 saturated carbocycles. The zero-order valence-corrected chi connectivity index (χ0v) is 69.5. The second-order valence-electron chi connectivity index (χ2n) is 32.1. The number of aliphatic carboxylic acids is 2. The van der Waals surface area contributed by atoms with E-state index >= 15 is 0 Å². The highest BCUT2D eigenvalue weighted by Crippen LogP contribution is 2.51. The number of hydrogen-bond donors (Lipinski definition) is 3. The number of halogens is 9. The number of carboxylic acids is 3. The van der Waals surface area contributed by atoms with E-state index in [-0.39, 0.29) is 54.2 Å². The molecule has 0 bridgehead atoms. The van der Waals surface area contributed by atoms with E-state index in [4.69, 9.17) is 43.7 Å². The van der Waals surface area contributed by atoms with Crippen LogP contribution < -0.4 is 24.2 Å². The first-order chi connectivity index (χ1) is 60.6. The summed E-state index contributed by atoms with van der Waals surface area (Å²) in [5, 5.41) is 27.9. The Morgan fingerprint density at radius 3 is 1.21 bits per heavy atom. The van der Waals surface area contributed by atoms with Crippen LogP contribution in [0.4, 0.5) is 71.7 Å². The number of aromatic carboxylic acids is 1. The molecule has 6 aliphatic heterocycles. The Morgan fingerprint density at radius 2 is 0.843 bits per heavy atom. The quantitative estimate of drug-likeness (QED) is 0.0374. The lowest BCUT2D eigenvalue weighted by Crippen LogP contribution is -2.39. The number of aryl methyl sites for hydroxylation is 2. The smallest absolute Gasteiger partial charge is 0.416 e. The summed E-state index contributed by atoms with van der Waals surface area (Å²) in [4.78, 5) is 112. The van der Waals surface area contributed by atoms with Crippen LogP contribution in [0.1, 0.15) is 155 Å². The number of hydrogen-bond acceptors (Lipinski definition) is 20. The number of rotatable bonds is 24. The third kappa shape index (κ3) is 19.1. The van der Waals surface area contributed by atoms with Gasteiger partial charge in [-0.3, -0.25) is 24.3 Å². The molecule has 1 unspecified atom stereocenters. The van der Waals surface area contributed by atoms with Crippen molar-refractivity contribution in [2.75, 3.05) is 68.2 Å². The Morgan fingerprint density at radius 1 is 0.449 bits per heavy atom. The van der Waals surface area contributed by atoms with Gasteiger partial charge in [-0.05, 0) is 195 Å². The average molecular weight is 1760 g/mol. The molecule has 17 rings (SSSR count). The number of anilines is 3. The van der Waals surface area contributed by atoms with E-state index in [1.165, 1.54) is 65.3 Å². The molecule has 26 nitrogen and oxygen atoms in total. The molecule has 127 heavy (non-hydrogen) atoms. The summed E-state index contributed by atoms with van der Waals surface area (Å²) >= 11 is 0. The summed E-state index contributed by atoms with van der Waals surface area (Å²) in [5.41, 5.74) is 8.29. The number of ether oxygens (including phenoxy) is 5. The standard InChI is InChI=1S/C33H29F3N4O4.C30H29F3N4O5.C29H29F3N4O5/c1-19-14-24(30(41)42)10-11-26(19)21-6-3-7-22(15-21)27-17-37-31(39-12-5-13-39)38-28(27)18-40-20(2)29(44-32(40)43)23-8-4-9-25(16-23)33(34,35)36;1-16-26(18-5-3-6-19(11-18)30(31,32)33)42-29(40)37(16)15-24-23(14-34-28(35-24)36-9-4-10-36)21-12-17(7-8-25(21)41-2)20-13-22(20)27(38)39;1-17-26(19-5-3-6-20(14-19)29(30,31)32)41-28(39)36(17)16-23-22(15-33-27(34-23)35-11-4-12-35)21-13-18(8-10-25(37)38)7-9-24(21)40-2/h3-4,6-11,14-17,20,29H,5,12-13,18H2,1-2H3,(H,41,42);3,5-8,11-12,14,16,20,22,26H,4,9-10,13,15H2,1-2H3,(H,38,39);3,5-7,9,13-15,17,26H,4,8,10-12,16H2,1-2H3,(H,37,38)/t20-,29-;16-,20?,22+,26-;17-,26-/m000/s1. The van der Waals surface area contributed by atoms with Crippen LogP contribution in [-0.4, -0.2) is 168 Å². The highest BCUT2D eigenvalue weighted by molar-refractivity contribution is 5.89. The maximum Gasteiger partial charge on any atom is 0.416 e. The van der Waals surface area contributed by atoms with E-state index in [1.807, 2.05) is 64.1 Å². The first kappa shape index (κ1) is 88.2. The molecule has 9 heterocycles. The molecule has 35 heteroatoms. The number of nitrogens with zero attached hydrogens (tertiary/aromatic N) is 12. The largest absolute Gasteiger partial charge is 0.496 e. The SMILES string of the molecule is COc1ccc(C2C[C@H]2C(=O)O)cc1-c1cnc(N2CCC2)nc1CN1C(=O)O[C@H](c2cccc(C(F)(F)F)c2)[C@@H]1C.COc1ccc(CCC(=O)O)cc1-c1cnc(N2CCC2)nc1CN1C(=O)O[C@H](c2cccc(C(F)(F)F)c2)[C@@H]1C.Cc1cc(C(=O)O)ccc1-c1cccc(-c2cnc(N3CCC3)nc2CN2C(=O)O[C@H](c3cccc(C(F)(F)F)c3)[C@@H]2C)c1. The molecule has 1 aliphatic carbocycles. The van der Waals surface area contributed by atoms with Gasteiger partial charge >= 0.3 is 54.7 Å². The molecule has 3 N–H and O–H groups in total. The summed E-state index contributed by atoms with van der Waals surface area (Å²) in [6.45, 7) is 12.0. The Hall–Kier alpha value is -13.6. The average Bonchev–Trinajstić information content (AvgIpc) is 1.70. The molecule has 7 aliphatic rings. The maximum atomic E-state index is 13.4. The zero-order valence-electron chi connectivity index (χ0n) is 69.5. The van der Waals surface area contributed by atoms with Gasteiger partial charge in [0.05, 0.1) is 97.2 Å². The van der Waals surface area contributed by atoms with Gasteiger partial charge in [0.25, 0.3) is 0 Å². The first-order valence-electron chi connectivity index (χ1n) is 41.1. The van der Waals surface area contributed by atoms with Crippen molar-refractivity contribution in [3.8, 4) is 56.0 Å². The Balaban J connectivity index is 0.000000147. The number of carbonyl (C=O) groups is 6. The van der Waals surface area contributed by atoms with Gasteiger partial charge in [-0.1, -0.05) is 72.8 Å². The van der Waals surface area contributed by atoms with Gasteiger partial charge in [0.2, 0.25) is 17.8 Å². The van der Waals surface area contributed by atoms with E-state index in [1.54, 1.807) is 75.8 Å². The molecular formula is C92H87F9N12O14. The van der Waals surface area contributed by atoms with Gasteiger partial charge in [0.1, 0.15) is 29.8 Å². The molecule has 8 atom stereocenters. The fourth-order valence-corrected chi connectivity index (χ4v) is 16.3. The summed E-state index contributed by atoms with van der Waals surface area (Å²) in [6.07, 6.45) is -9.32. The second-order valence-corrected chi connectivity index (χ2v) is 32.1. The summed E-state index contributed by atoms with van der Waals surface area (Å²) < 4.78 is 148. The van der Waals surface area contributed by atoms with Gasteiger partial charge in [-0.25, -0.2) is 49.1 Å². The Kier molecular flexibility index (Phi) is 25.1. The van der Waals surface area contributed by atoms with Crippen molar-refractivity contribution in [3.05, 3.63) is 243 Å². The van der Waals surface area contributed by atoms with Crippen LogP contribution in [0.5, 0.6) is 11.5 Å². The van der Waals surface area contributed by atoms with Crippen molar-refractivity contribution >= 4 is 54.0 Å². The molecule has 0 radical (unpaired) electrons. The lowest BCUT2D eigenvalue weighted by atomic mass is 9.95. The van der Waals surface area contributed by atoms with Crippen molar-refractivity contribution in [2.24, 2.45) is 5.92 Å². The van der Waals surface area contributed by atoms with Crippen LogP contribution in [0, 0.1) is 12.8 Å². The van der Waals surface area contributed by atoms with E-state index in [9.17, 15) is 78.5 Å². The fourth-order valence-electron chi connectivity index (χ4n) is 16.3. The van der Waals surface area contributed by atoms with Crippen LogP contribution in [-0.2, 0) is 68.4 Å². The lowest BCUT2D eigenvalue weighted by molar-refractivity contribution is -0.139. The van der Waals surface area contributed by atoms with Crippen molar-refractivity contribution in [3.63, 3.8) is 0 Å². The molecule has 7 fully saturated rings. The Bertz CT molecular complexity index is 5870.